The molecule has 26 heavy (non-hydrogen) atoms. The van der Waals surface area contributed by atoms with E-state index in [1.54, 1.807) is 0 Å². The summed E-state index contributed by atoms with van der Waals surface area (Å²) >= 11 is 0. The van der Waals surface area contributed by atoms with Crippen molar-refractivity contribution >= 4 is 45.3 Å². The Labute approximate surface area is 153 Å². The Kier molecular flexibility index (Phi) is 3.14. The van der Waals surface area contributed by atoms with Gasteiger partial charge in [-0.2, -0.15) is 0 Å². The molecule has 0 bridgehead atoms. The Morgan fingerprint density at radius 2 is 1.46 bits per heavy atom. The summed E-state index contributed by atoms with van der Waals surface area (Å²) in [6.07, 6.45) is 0. The summed E-state index contributed by atoms with van der Waals surface area (Å²) < 4.78 is 18.5. The average Bonchev–Trinajstić information content (AvgIpc) is 3.08. The third-order valence-electron chi connectivity index (χ3n) is 5.91. The van der Waals surface area contributed by atoms with E-state index in [1.165, 1.54) is 16.2 Å². The summed E-state index contributed by atoms with van der Waals surface area (Å²) in [6, 6.07) is 18.8. The van der Waals surface area contributed by atoms with Crippen LogP contribution >= 0.6 is 0 Å². The molecule has 1 aliphatic rings. The number of fused-ring (bicyclic) bond motifs is 5. The maximum absolute atomic E-state index is 6.18. The number of rotatable bonds is 1. The molecule has 0 radical (unpaired) electrons. The van der Waals surface area contributed by atoms with Crippen LogP contribution in [0.1, 0.15) is 27.7 Å². The van der Waals surface area contributed by atoms with E-state index >= 15 is 0 Å². The standard InChI is InChI=1S/C22H21BO3/c1-21(2)22(3,4)26-23(25-21)15-10-11-17-19(13-15)24-18-12-9-14-7-5-6-8-16(14)20(17)18/h5-13H,1-4H3. The molecule has 0 amide bonds. The van der Waals surface area contributed by atoms with Gasteiger partial charge in [-0.05, 0) is 56.1 Å². The molecule has 0 atom stereocenters. The van der Waals surface area contributed by atoms with Crippen LogP contribution in [-0.4, -0.2) is 18.3 Å². The van der Waals surface area contributed by atoms with E-state index < -0.39 is 0 Å². The molecule has 3 aromatic carbocycles. The van der Waals surface area contributed by atoms with Gasteiger partial charge in [0, 0.05) is 10.8 Å². The van der Waals surface area contributed by atoms with Crippen molar-refractivity contribution in [3.63, 3.8) is 0 Å². The molecule has 4 aromatic rings. The van der Waals surface area contributed by atoms with E-state index in [0.717, 1.165) is 22.0 Å². The van der Waals surface area contributed by atoms with Crippen molar-refractivity contribution < 1.29 is 13.7 Å². The molecule has 3 nitrogen and oxygen atoms in total. The molecule has 0 unspecified atom stereocenters. The maximum atomic E-state index is 6.18. The lowest BCUT2D eigenvalue weighted by molar-refractivity contribution is 0.00578. The minimum Gasteiger partial charge on any atom is -0.456 e. The van der Waals surface area contributed by atoms with E-state index in [-0.39, 0.29) is 18.3 Å². The van der Waals surface area contributed by atoms with Gasteiger partial charge in [-0.25, -0.2) is 0 Å². The van der Waals surface area contributed by atoms with E-state index in [1.807, 2.05) is 12.1 Å². The molecule has 4 heteroatoms. The van der Waals surface area contributed by atoms with E-state index in [0.29, 0.717) is 0 Å². The fourth-order valence-corrected chi connectivity index (χ4v) is 3.69. The van der Waals surface area contributed by atoms with Gasteiger partial charge in [-0.15, -0.1) is 0 Å². The van der Waals surface area contributed by atoms with Crippen LogP contribution in [0.15, 0.2) is 59.0 Å². The molecule has 2 heterocycles. The fourth-order valence-electron chi connectivity index (χ4n) is 3.69. The van der Waals surface area contributed by atoms with Crippen molar-refractivity contribution in [2.75, 3.05) is 0 Å². The molecule has 0 N–H and O–H groups in total. The van der Waals surface area contributed by atoms with Gasteiger partial charge in [0.05, 0.1) is 11.2 Å². The number of furan rings is 1. The smallest absolute Gasteiger partial charge is 0.456 e. The van der Waals surface area contributed by atoms with Crippen LogP contribution in [0.3, 0.4) is 0 Å². The Bertz CT molecular complexity index is 1140. The van der Waals surface area contributed by atoms with Crippen molar-refractivity contribution in [2.45, 2.75) is 38.9 Å². The van der Waals surface area contributed by atoms with Gasteiger partial charge in [0.2, 0.25) is 0 Å². The van der Waals surface area contributed by atoms with Crippen LogP contribution < -0.4 is 5.46 Å². The molecule has 130 valence electrons. The third kappa shape index (κ3) is 2.16. The highest BCUT2D eigenvalue weighted by molar-refractivity contribution is 6.62. The average molecular weight is 344 g/mol. The maximum Gasteiger partial charge on any atom is 0.494 e. The zero-order chi connectivity index (χ0) is 18.1. The first kappa shape index (κ1) is 15.9. The second kappa shape index (κ2) is 5.12. The minimum absolute atomic E-state index is 0.350. The lowest BCUT2D eigenvalue weighted by atomic mass is 9.79. The zero-order valence-corrected chi connectivity index (χ0v) is 15.5. The molecular formula is C22H21BO3. The Hall–Kier alpha value is -2.30. The van der Waals surface area contributed by atoms with E-state index in [2.05, 4.69) is 70.2 Å². The number of benzene rings is 3. The Balaban J connectivity index is 1.67. The summed E-state index contributed by atoms with van der Waals surface area (Å²) in [6.45, 7) is 8.27. The molecule has 1 aromatic heterocycles. The highest BCUT2D eigenvalue weighted by atomic mass is 16.7. The van der Waals surface area contributed by atoms with Crippen LogP contribution in [0.2, 0.25) is 0 Å². The summed E-state index contributed by atoms with van der Waals surface area (Å²) in [5.74, 6) is 0. The Morgan fingerprint density at radius 3 is 2.23 bits per heavy atom. The predicted molar refractivity (Wildman–Crippen MR) is 107 cm³/mol. The lowest BCUT2D eigenvalue weighted by Crippen LogP contribution is -2.41. The first-order chi connectivity index (χ1) is 12.4. The highest BCUT2D eigenvalue weighted by Gasteiger charge is 2.51. The lowest BCUT2D eigenvalue weighted by Gasteiger charge is -2.32. The second-order valence-electron chi connectivity index (χ2n) is 8.11. The molecule has 1 aliphatic heterocycles. The first-order valence-electron chi connectivity index (χ1n) is 9.05. The van der Waals surface area contributed by atoms with Crippen LogP contribution in [0.5, 0.6) is 0 Å². The molecular weight excluding hydrogens is 323 g/mol. The quantitative estimate of drug-likeness (QED) is 0.454. The molecule has 5 rings (SSSR count). The van der Waals surface area contributed by atoms with Crippen molar-refractivity contribution in [1.82, 2.24) is 0 Å². The van der Waals surface area contributed by atoms with Gasteiger partial charge >= 0.3 is 7.12 Å². The molecule has 0 spiro atoms. The number of hydrogen-bond donors (Lipinski definition) is 0. The topological polar surface area (TPSA) is 31.6 Å². The largest absolute Gasteiger partial charge is 0.494 e. The van der Waals surface area contributed by atoms with Crippen LogP contribution in [-0.2, 0) is 9.31 Å². The summed E-state index contributed by atoms with van der Waals surface area (Å²) in [7, 11) is -0.380. The van der Waals surface area contributed by atoms with E-state index in [9.17, 15) is 0 Å². The fraction of sp³-hybridized carbons (Fsp3) is 0.273. The minimum atomic E-state index is -0.380. The van der Waals surface area contributed by atoms with Gasteiger partial charge in [-0.1, -0.05) is 42.5 Å². The van der Waals surface area contributed by atoms with Crippen molar-refractivity contribution in [3.05, 3.63) is 54.6 Å². The predicted octanol–water partition coefficient (Wildman–Crippen LogP) is 5.04. The highest BCUT2D eigenvalue weighted by Crippen LogP contribution is 2.38. The summed E-state index contributed by atoms with van der Waals surface area (Å²) in [4.78, 5) is 0. The van der Waals surface area contributed by atoms with Crippen molar-refractivity contribution in [1.29, 1.82) is 0 Å². The van der Waals surface area contributed by atoms with E-state index in [4.69, 9.17) is 13.7 Å². The van der Waals surface area contributed by atoms with Gasteiger partial charge in [0.15, 0.2) is 0 Å². The van der Waals surface area contributed by atoms with Crippen LogP contribution in [0, 0.1) is 0 Å². The monoisotopic (exact) mass is 344 g/mol. The third-order valence-corrected chi connectivity index (χ3v) is 5.91. The molecule has 1 saturated heterocycles. The van der Waals surface area contributed by atoms with Gasteiger partial charge < -0.3 is 13.7 Å². The molecule has 0 saturated carbocycles. The Morgan fingerprint density at radius 1 is 0.731 bits per heavy atom. The van der Waals surface area contributed by atoms with Crippen LogP contribution in [0.4, 0.5) is 0 Å². The SMILES string of the molecule is CC1(C)OB(c2ccc3c(c2)oc2ccc4ccccc4c23)OC1(C)C. The van der Waals surface area contributed by atoms with Gasteiger partial charge in [0.1, 0.15) is 11.2 Å². The van der Waals surface area contributed by atoms with Gasteiger partial charge in [0.25, 0.3) is 0 Å². The van der Waals surface area contributed by atoms with Gasteiger partial charge in [-0.3, -0.25) is 0 Å². The zero-order valence-electron chi connectivity index (χ0n) is 15.5. The summed E-state index contributed by atoms with van der Waals surface area (Å²) in [5, 5.41) is 4.72. The van der Waals surface area contributed by atoms with Crippen LogP contribution in [0.25, 0.3) is 32.7 Å². The van der Waals surface area contributed by atoms with Crippen molar-refractivity contribution in [3.8, 4) is 0 Å². The first-order valence-corrected chi connectivity index (χ1v) is 9.05. The second-order valence-corrected chi connectivity index (χ2v) is 8.11. The molecule has 0 aliphatic carbocycles. The van der Waals surface area contributed by atoms with Crippen molar-refractivity contribution in [2.24, 2.45) is 0 Å². The molecule has 1 fully saturated rings. The number of hydrogen-bond acceptors (Lipinski definition) is 3. The summed E-state index contributed by atoms with van der Waals surface area (Å²) in [5.41, 5.74) is 2.06. The normalized spacial score (nSPS) is 19.0.